The number of rotatable bonds is 2. The maximum absolute atomic E-state index is 11.0. The van der Waals surface area contributed by atoms with Crippen molar-refractivity contribution in [2.45, 2.75) is 32.7 Å². The van der Waals surface area contributed by atoms with Crippen molar-refractivity contribution in [2.75, 3.05) is 18.0 Å². The Bertz CT molecular complexity index is 444. The highest BCUT2D eigenvalue weighted by atomic mass is 35.5. The van der Waals surface area contributed by atoms with Crippen LogP contribution in [0.15, 0.2) is 6.20 Å². The van der Waals surface area contributed by atoms with Crippen LogP contribution in [0.2, 0.25) is 5.02 Å². The summed E-state index contributed by atoms with van der Waals surface area (Å²) in [4.78, 5) is 21.6. The first-order valence-corrected chi connectivity index (χ1v) is 6.45. The van der Waals surface area contributed by atoms with Gasteiger partial charge in [0.25, 0.3) is 0 Å². The number of carbonyl (C=O) groups excluding carboxylic acids is 1. The molecule has 2 rings (SSSR count). The second-order valence-electron chi connectivity index (χ2n) is 4.55. The van der Waals surface area contributed by atoms with E-state index in [2.05, 4.69) is 20.2 Å². The van der Waals surface area contributed by atoms with Gasteiger partial charge >= 0.3 is 0 Å². The Hall–Kier alpha value is -1.36. The summed E-state index contributed by atoms with van der Waals surface area (Å²) in [7, 11) is 0. The van der Waals surface area contributed by atoms with E-state index in [1.807, 2.05) is 6.92 Å². The third kappa shape index (κ3) is 3.10. The van der Waals surface area contributed by atoms with Crippen molar-refractivity contribution in [2.24, 2.45) is 0 Å². The summed E-state index contributed by atoms with van der Waals surface area (Å²) in [6.07, 6.45) is 3.47. The summed E-state index contributed by atoms with van der Waals surface area (Å²) >= 11 is 6.11. The fourth-order valence-corrected chi connectivity index (χ4v) is 2.40. The number of hydrogen-bond acceptors (Lipinski definition) is 4. The molecule has 6 heteroatoms. The normalized spacial score (nSPS) is 16.7. The number of carbonyl (C=O) groups is 1. The summed E-state index contributed by atoms with van der Waals surface area (Å²) in [5.74, 6) is 1.55. The lowest BCUT2D eigenvalue weighted by Crippen LogP contribution is -2.44. The van der Waals surface area contributed by atoms with Crippen LogP contribution in [-0.2, 0) is 4.79 Å². The third-order valence-corrected chi connectivity index (χ3v) is 3.31. The summed E-state index contributed by atoms with van der Waals surface area (Å²) in [5, 5.41) is 3.53. The lowest BCUT2D eigenvalue weighted by Gasteiger charge is -2.33. The van der Waals surface area contributed by atoms with Gasteiger partial charge in [-0.2, -0.15) is 0 Å². The number of amides is 1. The van der Waals surface area contributed by atoms with E-state index in [1.165, 1.54) is 0 Å². The number of anilines is 1. The average molecular weight is 269 g/mol. The van der Waals surface area contributed by atoms with Crippen LogP contribution in [-0.4, -0.2) is 35.0 Å². The van der Waals surface area contributed by atoms with Crippen molar-refractivity contribution in [1.82, 2.24) is 15.3 Å². The number of piperidine rings is 1. The van der Waals surface area contributed by atoms with Crippen molar-refractivity contribution in [1.29, 1.82) is 0 Å². The summed E-state index contributed by atoms with van der Waals surface area (Å²) < 4.78 is 0. The minimum Gasteiger partial charge on any atom is -0.355 e. The molecule has 0 atom stereocenters. The van der Waals surface area contributed by atoms with E-state index in [4.69, 9.17) is 11.6 Å². The Morgan fingerprint density at radius 1 is 1.50 bits per heavy atom. The molecule has 1 aromatic heterocycles. The molecule has 1 aromatic rings. The molecular formula is C12H17ClN4O. The van der Waals surface area contributed by atoms with E-state index >= 15 is 0 Å². The summed E-state index contributed by atoms with van der Waals surface area (Å²) in [6.45, 7) is 5.10. The van der Waals surface area contributed by atoms with E-state index in [0.29, 0.717) is 5.02 Å². The molecule has 2 heterocycles. The first-order valence-electron chi connectivity index (χ1n) is 6.07. The molecule has 1 amide bonds. The van der Waals surface area contributed by atoms with Gasteiger partial charge in [0.2, 0.25) is 5.91 Å². The molecule has 0 spiro atoms. The zero-order chi connectivity index (χ0) is 13.1. The Balaban J connectivity index is 2.01. The maximum Gasteiger partial charge on any atom is 0.217 e. The van der Waals surface area contributed by atoms with Gasteiger partial charge in [0.1, 0.15) is 10.8 Å². The minimum absolute atomic E-state index is 0.0318. The standard InChI is InChI=1S/C12H17ClN4O/c1-8-14-7-11(13)12(15-8)17-5-3-10(4-6-17)16-9(2)18/h7,10H,3-6H2,1-2H3,(H,16,18). The molecule has 0 aromatic carbocycles. The van der Waals surface area contributed by atoms with E-state index < -0.39 is 0 Å². The second kappa shape index (κ2) is 5.52. The Kier molecular flexibility index (Phi) is 4.01. The van der Waals surface area contributed by atoms with Gasteiger partial charge in [0, 0.05) is 26.1 Å². The minimum atomic E-state index is 0.0318. The molecule has 0 unspecified atom stereocenters. The number of hydrogen-bond donors (Lipinski definition) is 1. The molecular weight excluding hydrogens is 252 g/mol. The van der Waals surface area contributed by atoms with Crippen LogP contribution >= 0.6 is 11.6 Å². The van der Waals surface area contributed by atoms with Gasteiger partial charge in [0.15, 0.2) is 5.82 Å². The Morgan fingerprint density at radius 3 is 2.78 bits per heavy atom. The molecule has 98 valence electrons. The Labute approximate surface area is 112 Å². The number of nitrogens with zero attached hydrogens (tertiary/aromatic N) is 3. The van der Waals surface area contributed by atoms with E-state index in [-0.39, 0.29) is 11.9 Å². The van der Waals surface area contributed by atoms with Crippen LogP contribution in [0.1, 0.15) is 25.6 Å². The van der Waals surface area contributed by atoms with Gasteiger partial charge in [-0.25, -0.2) is 9.97 Å². The SMILES string of the molecule is CC(=O)NC1CCN(c2nc(C)ncc2Cl)CC1. The molecule has 1 fully saturated rings. The van der Waals surface area contributed by atoms with Gasteiger partial charge in [0.05, 0.1) is 6.20 Å². The van der Waals surface area contributed by atoms with E-state index in [1.54, 1.807) is 13.1 Å². The molecule has 1 aliphatic heterocycles. The predicted octanol–water partition coefficient (Wildman–Crippen LogP) is 1.54. The van der Waals surface area contributed by atoms with Gasteiger partial charge in [-0.15, -0.1) is 0 Å². The molecule has 1 aliphatic rings. The number of halogens is 1. The highest BCUT2D eigenvalue weighted by Gasteiger charge is 2.22. The fourth-order valence-electron chi connectivity index (χ4n) is 2.19. The highest BCUT2D eigenvalue weighted by Crippen LogP contribution is 2.25. The molecule has 0 radical (unpaired) electrons. The monoisotopic (exact) mass is 268 g/mol. The molecule has 0 aliphatic carbocycles. The van der Waals surface area contributed by atoms with Crippen LogP contribution in [0.4, 0.5) is 5.82 Å². The molecule has 0 saturated carbocycles. The Morgan fingerprint density at radius 2 is 2.17 bits per heavy atom. The molecule has 1 saturated heterocycles. The zero-order valence-electron chi connectivity index (χ0n) is 10.6. The quantitative estimate of drug-likeness (QED) is 0.884. The van der Waals surface area contributed by atoms with Crippen LogP contribution in [0, 0.1) is 6.92 Å². The lowest BCUT2D eigenvalue weighted by molar-refractivity contribution is -0.119. The zero-order valence-corrected chi connectivity index (χ0v) is 11.4. The van der Waals surface area contributed by atoms with Crippen LogP contribution in [0.25, 0.3) is 0 Å². The third-order valence-electron chi connectivity index (χ3n) is 3.05. The van der Waals surface area contributed by atoms with Gasteiger partial charge < -0.3 is 10.2 Å². The average Bonchev–Trinajstić information content (AvgIpc) is 2.33. The van der Waals surface area contributed by atoms with Gasteiger partial charge in [-0.1, -0.05) is 11.6 Å². The number of aryl methyl sites for hydroxylation is 1. The smallest absolute Gasteiger partial charge is 0.217 e. The number of aromatic nitrogens is 2. The summed E-state index contributed by atoms with van der Waals surface area (Å²) in [6, 6.07) is 0.264. The predicted molar refractivity (Wildman–Crippen MR) is 70.8 cm³/mol. The lowest BCUT2D eigenvalue weighted by atomic mass is 10.1. The van der Waals surface area contributed by atoms with Crippen molar-refractivity contribution in [3.8, 4) is 0 Å². The first kappa shape index (κ1) is 13.1. The largest absolute Gasteiger partial charge is 0.355 e. The van der Waals surface area contributed by atoms with Crippen molar-refractivity contribution in [3.63, 3.8) is 0 Å². The highest BCUT2D eigenvalue weighted by molar-refractivity contribution is 6.32. The molecule has 5 nitrogen and oxygen atoms in total. The van der Waals surface area contributed by atoms with Crippen molar-refractivity contribution >= 4 is 23.3 Å². The van der Waals surface area contributed by atoms with E-state index in [0.717, 1.165) is 37.6 Å². The van der Waals surface area contributed by atoms with Crippen LogP contribution < -0.4 is 10.2 Å². The van der Waals surface area contributed by atoms with Gasteiger partial charge in [-0.05, 0) is 19.8 Å². The van der Waals surface area contributed by atoms with Crippen molar-refractivity contribution in [3.05, 3.63) is 17.0 Å². The number of nitrogens with one attached hydrogen (secondary N) is 1. The molecule has 1 N–H and O–H groups in total. The maximum atomic E-state index is 11.0. The first-order chi connectivity index (χ1) is 8.56. The van der Waals surface area contributed by atoms with Crippen molar-refractivity contribution < 1.29 is 4.79 Å². The van der Waals surface area contributed by atoms with Crippen LogP contribution in [0.5, 0.6) is 0 Å². The topological polar surface area (TPSA) is 58.1 Å². The second-order valence-corrected chi connectivity index (χ2v) is 4.96. The van der Waals surface area contributed by atoms with Gasteiger partial charge in [-0.3, -0.25) is 4.79 Å². The van der Waals surface area contributed by atoms with Crippen LogP contribution in [0.3, 0.4) is 0 Å². The molecule has 0 bridgehead atoms. The van der Waals surface area contributed by atoms with E-state index in [9.17, 15) is 4.79 Å². The fraction of sp³-hybridized carbons (Fsp3) is 0.583. The summed E-state index contributed by atoms with van der Waals surface area (Å²) in [5.41, 5.74) is 0. The molecule has 18 heavy (non-hydrogen) atoms.